The van der Waals surface area contributed by atoms with Crippen LogP contribution in [0.4, 0.5) is 0 Å². The lowest BCUT2D eigenvalue weighted by molar-refractivity contribution is 0.291. The molecule has 5 heteroatoms. The molecule has 1 aromatic heterocycles. The van der Waals surface area contributed by atoms with Crippen molar-refractivity contribution in [1.29, 1.82) is 0 Å². The van der Waals surface area contributed by atoms with Gasteiger partial charge in [0.2, 0.25) is 0 Å². The summed E-state index contributed by atoms with van der Waals surface area (Å²) in [5.41, 5.74) is 2.66. The van der Waals surface area contributed by atoms with Crippen LogP contribution in [0.2, 0.25) is 0 Å². The summed E-state index contributed by atoms with van der Waals surface area (Å²) < 4.78 is 7.98. The highest BCUT2D eigenvalue weighted by atomic mass is 79.9. The lowest BCUT2D eigenvalue weighted by Gasteiger charge is -2.17. The molecule has 1 atom stereocenters. The van der Waals surface area contributed by atoms with Crippen LogP contribution in [0.1, 0.15) is 34.7 Å². The molecule has 0 fully saturated rings. The summed E-state index contributed by atoms with van der Waals surface area (Å²) in [6.07, 6.45) is 0. The molecule has 0 saturated carbocycles. The molecule has 106 valence electrons. The van der Waals surface area contributed by atoms with E-state index < -0.39 is 0 Å². The maximum atomic E-state index is 5.75. The van der Waals surface area contributed by atoms with Gasteiger partial charge in [-0.2, -0.15) is 0 Å². The Bertz CT molecular complexity index is 644. The largest absolute Gasteiger partial charge is 0.492 e. The summed E-state index contributed by atoms with van der Waals surface area (Å²) in [5, 5.41) is 0. The molecule has 20 heavy (non-hydrogen) atoms. The van der Waals surface area contributed by atoms with E-state index in [1.165, 1.54) is 16.0 Å². The lowest BCUT2D eigenvalue weighted by atomic mass is 9.86. The van der Waals surface area contributed by atoms with Crippen LogP contribution in [-0.2, 0) is 5.41 Å². The van der Waals surface area contributed by atoms with Gasteiger partial charge in [-0.05, 0) is 55.6 Å². The van der Waals surface area contributed by atoms with Crippen LogP contribution in [0.5, 0.6) is 5.75 Å². The van der Waals surface area contributed by atoms with Gasteiger partial charge in [-0.3, -0.25) is 0 Å². The van der Waals surface area contributed by atoms with Crippen molar-refractivity contribution in [1.82, 2.24) is 0 Å². The second-order valence-electron chi connectivity index (χ2n) is 5.56. The SMILES string of the molecule is CC1(C)COc2ccc(C(Br)c3cc(Br)c(Br)s3)cc21. The highest BCUT2D eigenvalue weighted by Gasteiger charge is 2.32. The average molecular weight is 481 g/mol. The van der Waals surface area contributed by atoms with Gasteiger partial charge >= 0.3 is 0 Å². The smallest absolute Gasteiger partial charge is 0.123 e. The van der Waals surface area contributed by atoms with E-state index in [0.717, 1.165) is 20.6 Å². The van der Waals surface area contributed by atoms with Crippen LogP contribution < -0.4 is 4.74 Å². The van der Waals surface area contributed by atoms with E-state index in [2.05, 4.69) is 85.9 Å². The van der Waals surface area contributed by atoms with Crippen LogP contribution in [0.25, 0.3) is 0 Å². The molecule has 0 radical (unpaired) electrons. The molecule has 0 bridgehead atoms. The molecule has 1 aromatic carbocycles. The second-order valence-corrected chi connectivity index (χ2v) is 9.73. The minimum atomic E-state index is 0.0919. The van der Waals surface area contributed by atoms with E-state index in [4.69, 9.17) is 4.74 Å². The molecule has 1 aliphatic heterocycles. The Balaban J connectivity index is 1.99. The van der Waals surface area contributed by atoms with Gasteiger partial charge in [0.05, 0.1) is 15.2 Å². The van der Waals surface area contributed by atoms with Gasteiger partial charge in [0.15, 0.2) is 0 Å². The zero-order chi connectivity index (χ0) is 14.5. The first-order valence-electron chi connectivity index (χ1n) is 6.24. The topological polar surface area (TPSA) is 9.23 Å². The van der Waals surface area contributed by atoms with Gasteiger partial charge in [0.25, 0.3) is 0 Å². The van der Waals surface area contributed by atoms with E-state index in [-0.39, 0.29) is 10.2 Å². The summed E-state index contributed by atoms with van der Waals surface area (Å²) in [5.74, 6) is 1.02. The normalized spacial score (nSPS) is 17.6. The van der Waals surface area contributed by atoms with Gasteiger partial charge in [0, 0.05) is 20.3 Å². The third-order valence-corrected chi connectivity index (χ3v) is 8.17. The van der Waals surface area contributed by atoms with Crippen molar-refractivity contribution in [2.24, 2.45) is 0 Å². The number of hydrogen-bond acceptors (Lipinski definition) is 2. The van der Waals surface area contributed by atoms with E-state index >= 15 is 0 Å². The molecule has 0 amide bonds. The first kappa shape index (κ1) is 15.1. The first-order chi connectivity index (χ1) is 9.38. The molecule has 1 unspecified atom stereocenters. The van der Waals surface area contributed by atoms with Gasteiger partial charge in [0.1, 0.15) is 5.75 Å². The Kier molecular flexibility index (Phi) is 4.08. The highest BCUT2D eigenvalue weighted by Crippen LogP contribution is 2.44. The van der Waals surface area contributed by atoms with Gasteiger partial charge in [-0.1, -0.05) is 35.8 Å². The van der Waals surface area contributed by atoms with Crippen molar-refractivity contribution in [3.05, 3.63) is 48.5 Å². The predicted octanol–water partition coefficient (Wildman–Crippen LogP) is 6.43. The minimum absolute atomic E-state index is 0.0919. The summed E-state index contributed by atoms with van der Waals surface area (Å²) in [4.78, 5) is 1.48. The Morgan fingerprint density at radius 1 is 1.25 bits per heavy atom. The summed E-state index contributed by atoms with van der Waals surface area (Å²) in [7, 11) is 0. The van der Waals surface area contributed by atoms with Crippen LogP contribution in [0.3, 0.4) is 0 Å². The van der Waals surface area contributed by atoms with Crippen molar-refractivity contribution < 1.29 is 4.74 Å². The zero-order valence-corrected chi connectivity index (χ0v) is 16.6. The fraction of sp³-hybridized carbons (Fsp3) is 0.333. The zero-order valence-electron chi connectivity index (χ0n) is 11.0. The standard InChI is InChI=1S/C15H13Br3OS/c1-15(2)7-19-11-4-3-8(5-9(11)15)13(17)12-6-10(16)14(18)20-12/h3-6,13H,7H2,1-2H3. The molecule has 0 aliphatic carbocycles. The Labute approximate surface area is 148 Å². The van der Waals surface area contributed by atoms with Crippen LogP contribution in [0.15, 0.2) is 32.5 Å². The van der Waals surface area contributed by atoms with Gasteiger partial charge in [-0.25, -0.2) is 0 Å². The van der Waals surface area contributed by atoms with Gasteiger partial charge in [-0.15, -0.1) is 11.3 Å². The van der Waals surface area contributed by atoms with Crippen LogP contribution >= 0.6 is 59.1 Å². The van der Waals surface area contributed by atoms with E-state index in [1.807, 2.05) is 0 Å². The van der Waals surface area contributed by atoms with Crippen LogP contribution in [0, 0.1) is 0 Å². The van der Waals surface area contributed by atoms with Crippen molar-refractivity contribution in [2.45, 2.75) is 24.1 Å². The monoisotopic (exact) mass is 478 g/mol. The number of halogens is 3. The number of alkyl halides is 1. The number of benzene rings is 1. The molecular weight excluding hydrogens is 468 g/mol. The van der Waals surface area contributed by atoms with Crippen molar-refractivity contribution in [3.8, 4) is 5.75 Å². The number of thiophene rings is 1. The highest BCUT2D eigenvalue weighted by molar-refractivity contribution is 9.13. The minimum Gasteiger partial charge on any atom is -0.492 e. The molecule has 2 aromatic rings. The summed E-state index contributed by atoms with van der Waals surface area (Å²) in [6.45, 7) is 5.21. The van der Waals surface area contributed by atoms with Crippen LogP contribution in [-0.4, -0.2) is 6.61 Å². The fourth-order valence-electron chi connectivity index (χ4n) is 2.35. The Morgan fingerprint density at radius 2 is 2.00 bits per heavy atom. The molecule has 0 N–H and O–H groups in total. The molecule has 1 aliphatic rings. The summed E-state index contributed by atoms with van der Waals surface area (Å²) in [6, 6.07) is 8.65. The average Bonchev–Trinajstić information content (AvgIpc) is 2.90. The Hall–Kier alpha value is 0.160. The third kappa shape index (κ3) is 2.62. The fourth-order valence-corrected chi connectivity index (χ4v) is 5.14. The Morgan fingerprint density at radius 3 is 2.65 bits per heavy atom. The number of hydrogen-bond donors (Lipinski definition) is 0. The molecule has 0 saturated heterocycles. The number of fused-ring (bicyclic) bond motifs is 1. The summed E-state index contributed by atoms with van der Waals surface area (Å²) >= 11 is 12.7. The maximum absolute atomic E-state index is 5.75. The molecule has 1 nitrogen and oxygen atoms in total. The van der Waals surface area contributed by atoms with Crippen molar-refractivity contribution >= 4 is 59.1 Å². The first-order valence-corrected chi connectivity index (χ1v) is 9.56. The molecular formula is C15H13Br3OS. The second kappa shape index (κ2) is 5.41. The van der Waals surface area contributed by atoms with Crippen molar-refractivity contribution in [3.63, 3.8) is 0 Å². The quantitative estimate of drug-likeness (QED) is 0.450. The number of rotatable bonds is 2. The van der Waals surface area contributed by atoms with Crippen molar-refractivity contribution in [2.75, 3.05) is 6.61 Å². The maximum Gasteiger partial charge on any atom is 0.123 e. The van der Waals surface area contributed by atoms with Gasteiger partial charge < -0.3 is 4.74 Å². The predicted molar refractivity (Wildman–Crippen MR) is 95.5 cm³/mol. The third-order valence-electron chi connectivity index (χ3n) is 3.53. The lowest BCUT2D eigenvalue weighted by Crippen LogP contribution is -2.18. The molecule has 2 heterocycles. The molecule has 0 spiro atoms. The van der Waals surface area contributed by atoms with E-state index in [0.29, 0.717) is 0 Å². The molecule has 3 rings (SSSR count). The number of ether oxygens (including phenoxy) is 1. The van der Waals surface area contributed by atoms with E-state index in [9.17, 15) is 0 Å². The van der Waals surface area contributed by atoms with E-state index in [1.54, 1.807) is 11.3 Å².